The van der Waals surface area contributed by atoms with Crippen molar-refractivity contribution in [2.75, 3.05) is 10.8 Å². The second kappa shape index (κ2) is 5.23. The summed E-state index contributed by atoms with van der Waals surface area (Å²) in [4.78, 5) is 22.0. The molecule has 2 aromatic carbocycles. The number of primary amides is 1. The monoisotopic (exact) mass is 355 g/mol. The number of aromatic hydroxyl groups is 1. The van der Waals surface area contributed by atoms with E-state index >= 15 is 0 Å². The van der Waals surface area contributed by atoms with Crippen LogP contribution in [0.15, 0.2) is 24.3 Å². The minimum Gasteiger partial charge on any atom is -0.506 e. The second-order valence-corrected chi connectivity index (χ2v) is 6.49. The largest absolute Gasteiger partial charge is 0.506 e. The van der Waals surface area contributed by atoms with Gasteiger partial charge in [0, 0.05) is 5.39 Å². The Bertz CT molecular complexity index is 991. The van der Waals surface area contributed by atoms with E-state index in [1.807, 2.05) is 0 Å². The van der Waals surface area contributed by atoms with Gasteiger partial charge in [-0.3, -0.25) is 4.79 Å². The van der Waals surface area contributed by atoms with E-state index in [2.05, 4.69) is 4.74 Å². The van der Waals surface area contributed by atoms with Crippen molar-refractivity contribution in [3.8, 4) is 11.5 Å². The molecule has 11 heteroatoms. The first-order chi connectivity index (χ1) is 11.2. The maximum Gasteiger partial charge on any atom is 0.409 e. The number of phenols is 1. The number of fused-ring (bicyclic) bond motifs is 1. The highest BCUT2D eigenvalue weighted by atomic mass is 32.2. The maximum atomic E-state index is 14.7. The quantitative estimate of drug-likeness (QED) is 0.709. The van der Waals surface area contributed by atoms with Crippen LogP contribution in [0.4, 0.5) is 14.9 Å². The molecular weight excluding hydrogens is 345 g/mol. The molecule has 2 aromatic rings. The highest BCUT2D eigenvalue weighted by Crippen LogP contribution is 2.39. The molecule has 0 saturated carbocycles. The molecule has 0 atom stereocenters. The number of hydrogen-bond acceptors (Lipinski definition) is 6. The van der Waals surface area contributed by atoms with E-state index in [1.54, 1.807) is 4.72 Å². The normalized spacial score (nSPS) is 16.2. The standard InChI is InChI=1S/C13H10FN3O6S/c14-11-8-2-1-7(23-13(15)20)3-6(8)4-9(18)12(11)17-5-10(19)16-24(17,21)22/h1-4,18H,5H2,(H2,15,20)(H,16,19). The third-order valence-electron chi connectivity index (χ3n) is 3.29. The van der Waals surface area contributed by atoms with E-state index in [4.69, 9.17) is 5.73 Å². The Morgan fingerprint density at radius 3 is 2.67 bits per heavy atom. The molecule has 9 nitrogen and oxygen atoms in total. The molecule has 0 aliphatic carbocycles. The van der Waals surface area contributed by atoms with E-state index < -0.39 is 46.0 Å². The van der Waals surface area contributed by atoms with E-state index in [0.717, 1.165) is 6.07 Å². The first kappa shape index (κ1) is 15.8. The molecule has 0 aromatic heterocycles. The number of ether oxygens (including phenoxy) is 1. The molecule has 1 saturated heterocycles. The number of rotatable bonds is 2. The van der Waals surface area contributed by atoms with Gasteiger partial charge in [0.1, 0.15) is 23.7 Å². The van der Waals surface area contributed by atoms with Gasteiger partial charge in [0.15, 0.2) is 5.82 Å². The minimum absolute atomic E-state index is 0.0205. The Hall–Kier alpha value is -3.08. The number of nitrogens with zero attached hydrogens (tertiary/aromatic N) is 1. The van der Waals surface area contributed by atoms with Gasteiger partial charge in [0.2, 0.25) is 0 Å². The summed E-state index contributed by atoms with van der Waals surface area (Å²) in [7, 11) is -4.28. The smallest absolute Gasteiger partial charge is 0.409 e. The van der Waals surface area contributed by atoms with Crippen molar-refractivity contribution in [2.45, 2.75) is 0 Å². The summed E-state index contributed by atoms with van der Waals surface area (Å²) in [6, 6.07) is 4.80. The molecule has 4 N–H and O–H groups in total. The highest BCUT2D eigenvalue weighted by molar-refractivity contribution is 7.92. The van der Waals surface area contributed by atoms with Gasteiger partial charge in [0.25, 0.3) is 5.91 Å². The molecule has 24 heavy (non-hydrogen) atoms. The molecule has 1 heterocycles. The van der Waals surface area contributed by atoms with Crippen LogP contribution in [0.25, 0.3) is 10.8 Å². The third kappa shape index (κ3) is 2.54. The van der Waals surface area contributed by atoms with Gasteiger partial charge in [-0.2, -0.15) is 8.42 Å². The number of nitrogens with one attached hydrogen (secondary N) is 1. The SMILES string of the molecule is NC(=O)Oc1ccc2c(F)c(N3CC(=O)NS3(=O)=O)c(O)cc2c1. The topological polar surface area (TPSA) is 139 Å². The predicted octanol–water partition coefficient (Wildman–Crippen LogP) is 0.323. The van der Waals surface area contributed by atoms with E-state index in [1.165, 1.54) is 18.2 Å². The van der Waals surface area contributed by atoms with Crippen molar-refractivity contribution >= 4 is 38.7 Å². The van der Waals surface area contributed by atoms with Crippen LogP contribution in [-0.2, 0) is 15.0 Å². The Morgan fingerprint density at radius 1 is 1.38 bits per heavy atom. The van der Waals surface area contributed by atoms with Crippen molar-refractivity contribution in [3.63, 3.8) is 0 Å². The zero-order valence-electron chi connectivity index (χ0n) is 11.8. The molecule has 126 valence electrons. The first-order valence-electron chi connectivity index (χ1n) is 6.45. The number of hydrogen-bond donors (Lipinski definition) is 3. The van der Waals surface area contributed by atoms with Gasteiger partial charge in [-0.25, -0.2) is 18.2 Å². The minimum atomic E-state index is -4.28. The Kier molecular flexibility index (Phi) is 3.44. The lowest BCUT2D eigenvalue weighted by atomic mass is 10.1. The van der Waals surface area contributed by atoms with Crippen LogP contribution in [-0.4, -0.2) is 32.1 Å². The van der Waals surface area contributed by atoms with E-state index in [0.29, 0.717) is 4.31 Å². The number of benzene rings is 2. The van der Waals surface area contributed by atoms with E-state index in [-0.39, 0.29) is 16.5 Å². The average molecular weight is 355 g/mol. The van der Waals surface area contributed by atoms with Crippen LogP contribution in [0, 0.1) is 5.82 Å². The van der Waals surface area contributed by atoms with Crippen LogP contribution in [0.3, 0.4) is 0 Å². The third-order valence-corrected chi connectivity index (χ3v) is 4.67. The van der Waals surface area contributed by atoms with Crippen LogP contribution in [0.2, 0.25) is 0 Å². The second-order valence-electron chi connectivity index (χ2n) is 4.90. The zero-order chi connectivity index (χ0) is 17.6. The lowest BCUT2D eigenvalue weighted by Crippen LogP contribution is -2.30. The summed E-state index contributed by atoms with van der Waals surface area (Å²) < 4.78 is 45.2. The summed E-state index contributed by atoms with van der Waals surface area (Å²) in [5.41, 5.74) is 4.23. The number of carbonyl (C=O) groups is 2. The van der Waals surface area contributed by atoms with Gasteiger partial charge in [-0.1, -0.05) is 0 Å². The van der Waals surface area contributed by atoms with Crippen molar-refractivity contribution in [1.29, 1.82) is 0 Å². The molecule has 3 rings (SSSR count). The van der Waals surface area contributed by atoms with Crippen LogP contribution in [0.1, 0.15) is 0 Å². The molecule has 0 radical (unpaired) electrons. The van der Waals surface area contributed by atoms with E-state index in [9.17, 15) is 27.5 Å². The van der Waals surface area contributed by atoms with Crippen molar-refractivity contribution in [2.24, 2.45) is 5.73 Å². The number of nitrogens with two attached hydrogens (primary N) is 1. The first-order valence-corrected chi connectivity index (χ1v) is 7.89. The lowest BCUT2D eigenvalue weighted by molar-refractivity contribution is -0.117. The van der Waals surface area contributed by atoms with Crippen LogP contribution >= 0.6 is 0 Å². The summed E-state index contributed by atoms with van der Waals surface area (Å²) in [6.45, 7) is -0.652. The van der Waals surface area contributed by atoms with Crippen molar-refractivity contribution in [1.82, 2.24) is 4.72 Å². The van der Waals surface area contributed by atoms with Crippen LogP contribution in [0.5, 0.6) is 11.5 Å². The maximum absolute atomic E-state index is 14.7. The molecule has 0 spiro atoms. The Balaban J connectivity index is 2.18. The fourth-order valence-corrected chi connectivity index (χ4v) is 3.54. The van der Waals surface area contributed by atoms with Crippen molar-refractivity contribution in [3.05, 3.63) is 30.1 Å². The summed E-state index contributed by atoms with van der Waals surface area (Å²) in [5, 5.41) is 10.1. The number of anilines is 1. The van der Waals surface area contributed by atoms with Gasteiger partial charge < -0.3 is 15.6 Å². The van der Waals surface area contributed by atoms with Gasteiger partial charge >= 0.3 is 16.3 Å². The number of carbonyl (C=O) groups excluding carboxylic acids is 2. The molecule has 1 fully saturated rings. The summed E-state index contributed by atoms with van der Waals surface area (Å²) in [5.74, 6) is -2.57. The molecule has 1 aliphatic rings. The zero-order valence-corrected chi connectivity index (χ0v) is 12.6. The Labute approximate surface area is 134 Å². The number of phenolic OH excluding ortho intramolecular Hbond substituents is 1. The lowest BCUT2D eigenvalue weighted by Gasteiger charge is -2.18. The molecular formula is C13H10FN3O6S. The van der Waals surface area contributed by atoms with Gasteiger partial charge in [0.05, 0.1) is 0 Å². The average Bonchev–Trinajstić information content (AvgIpc) is 2.70. The highest BCUT2D eigenvalue weighted by Gasteiger charge is 2.37. The summed E-state index contributed by atoms with van der Waals surface area (Å²) in [6.07, 6.45) is -1.07. The van der Waals surface area contributed by atoms with Gasteiger partial charge in [-0.05, 0) is 29.7 Å². The molecule has 2 amide bonds. The fraction of sp³-hybridized carbons (Fsp3) is 0.0769. The Morgan fingerprint density at radius 2 is 2.08 bits per heavy atom. The molecule has 1 aliphatic heterocycles. The van der Waals surface area contributed by atoms with Crippen molar-refractivity contribution < 1.29 is 32.2 Å². The molecule has 0 bridgehead atoms. The molecule has 0 unspecified atom stereocenters. The van der Waals surface area contributed by atoms with Gasteiger partial charge in [-0.15, -0.1) is 0 Å². The number of halogens is 1. The predicted molar refractivity (Wildman–Crippen MR) is 80.2 cm³/mol. The van der Waals surface area contributed by atoms with Crippen LogP contribution < -0.4 is 19.5 Å². The fourth-order valence-electron chi connectivity index (χ4n) is 2.38. The number of amides is 2. The summed E-state index contributed by atoms with van der Waals surface area (Å²) >= 11 is 0.